The lowest BCUT2D eigenvalue weighted by Crippen LogP contribution is -2.28. The van der Waals surface area contributed by atoms with Crippen LogP contribution in [0.2, 0.25) is 5.02 Å². The number of benzene rings is 3. The van der Waals surface area contributed by atoms with Gasteiger partial charge in [0.25, 0.3) is 0 Å². The van der Waals surface area contributed by atoms with Crippen molar-refractivity contribution in [2.75, 3.05) is 18.5 Å². The Morgan fingerprint density at radius 3 is 2.50 bits per heavy atom. The Morgan fingerprint density at radius 2 is 1.79 bits per heavy atom. The molecule has 3 heterocycles. The lowest BCUT2D eigenvalue weighted by Gasteiger charge is -2.28. The van der Waals surface area contributed by atoms with Gasteiger partial charge in [0.05, 0.1) is 21.5 Å². The first-order valence-electron chi connectivity index (χ1n) is 13.9. The molecule has 1 aliphatic heterocycles. The van der Waals surface area contributed by atoms with Gasteiger partial charge in [-0.05, 0) is 87.2 Å². The molecule has 5 aromatic rings. The van der Waals surface area contributed by atoms with Crippen molar-refractivity contribution in [2.24, 2.45) is 0 Å². The molecule has 3 aromatic carbocycles. The van der Waals surface area contributed by atoms with Crippen LogP contribution in [0.5, 0.6) is 0 Å². The predicted octanol–water partition coefficient (Wildman–Crippen LogP) is 8.59. The van der Waals surface area contributed by atoms with Crippen molar-refractivity contribution in [3.8, 4) is 33.0 Å². The maximum absolute atomic E-state index is 12.6. The highest BCUT2D eigenvalue weighted by molar-refractivity contribution is 7.22. The predicted molar refractivity (Wildman–Crippen MR) is 172 cm³/mol. The Kier molecular flexibility index (Phi) is 7.29. The van der Waals surface area contributed by atoms with Crippen LogP contribution in [0.4, 0.5) is 5.69 Å². The third-order valence-electron chi connectivity index (χ3n) is 7.53. The van der Waals surface area contributed by atoms with Gasteiger partial charge in [-0.3, -0.25) is 4.98 Å². The number of pyridine rings is 1. The minimum absolute atomic E-state index is 0.608. The molecule has 0 saturated carbocycles. The van der Waals surface area contributed by atoms with E-state index in [1.54, 1.807) is 11.3 Å². The lowest BCUT2D eigenvalue weighted by molar-refractivity contribution is -0.160. The zero-order valence-corrected chi connectivity index (χ0v) is 25.8. The average Bonchev–Trinajstić information content (AvgIpc) is 3.54. The summed E-state index contributed by atoms with van der Waals surface area (Å²) in [6.07, 6.45) is 1.73. The van der Waals surface area contributed by atoms with Gasteiger partial charge in [0.15, 0.2) is 6.10 Å². The van der Waals surface area contributed by atoms with Crippen LogP contribution >= 0.6 is 22.9 Å². The Morgan fingerprint density at radius 1 is 1.05 bits per heavy atom. The molecule has 214 valence electrons. The van der Waals surface area contributed by atoms with Gasteiger partial charge in [-0.25, -0.2) is 9.78 Å². The molecule has 0 bridgehead atoms. The number of carboxylic acid groups (broad SMARTS) is 1. The summed E-state index contributed by atoms with van der Waals surface area (Å²) < 4.78 is 7.04. The summed E-state index contributed by atoms with van der Waals surface area (Å²) in [5.74, 6) is -1.04. The summed E-state index contributed by atoms with van der Waals surface area (Å²) in [7, 11) is 2.12. The first kappa shape index (κ1) is 28.3. The molecule has 42 heavy (non-hydrogen) atoms. The zero-order chi connectivity index (χ0) is 29.8. The summed E-state index contributed by atoms with van der Waals surface area (Å²) in [6.45, 7) is 8.54. The number of carbonyl (C=O) groups is 1. The smallest absolute Gasteiger partial charge is 0.337 e. The zero-order valence-electron chi connectivity index (χ0n) is 24.2. The number of hydrogen-bond donors (Lipinski definition) is 1. The largest absolute Gasteiger partial charge is 0.479 e. The van der Waals surface area contributed by atoms with E-state index >= 15 is 0 Å². The molecule has 6 nitrogen and oxygen atoms in total. The maximum Gasteiger partial charge on any atom is 0.337 e. The molecule has 0 radical (unpaired) electrons. The third kappa shape index (κ3) is 5.40. The van der Waals surface area contributed by atoms with Gasteiger partial charge in [0, 0.05) is 52.8 Å². The number of thiazole rings is 1. The minimum atomic E-state index is -1.16. The Labute approximate surface area is 254 Å². The number of ether oxygens (including phenoxy) is 1. The number of hydrogen-bond acceptors (Lipinski definition) is 6. The highest BCUT2D eigenvalue weighted by Gasteiger charge is 2.32. The summed E-state index contributed by atoms with van der Waals surface area (Å²) in [4.78, 5) is 24.6. The monoisotopic (exact) mass is 597 g/mol. The Balaban J connectivity index is 1.52. The molecular formula is C34H32ClN3O3S. The van der Waals surface area contributed by atoms with Crippen molar-refractivity contribution < 1.29 is 14.6 Å². The van der Waals surface area contributed by atoms with E-state index in [1.165, 1.54) is 11.3 Å². The van der Waals surface area contributed by atoms with Crippen LogP contribution < -0.4 is 4.90 Å². The number of carboxylic acids is 1. The van der Waals surface area contributed by atoms with Gasteiger partial charge in [-0.15, -0.1) is 11.3 Å². The van der Waals surface area contributed by atoms with E-state index in [1.807, 2.05) is 70.3 Å². The highest BCUT2D eigenvalue weighted by Crippen LogP contribution is 2.44. The molecule has 0 spiro atoms. The van der Waals surface area contributed by atoms with Gasteiger partial charge in [0.1, 0.15) is 5.01 Å². The number of aromatic nitrogens is 2. The molecule has 0 aliphatic carbocycles. The SMILES string of the molecule is Cc1cc2nc(-c3ccnc(-c4ccc5c(c4)N(C)CC5)c3)sc2c(-c2ccc(Cl)cc2)c1[C@H](OC(C)(C)C)C(=O)O. The number of aryl methyl sites for hydroxylation is 1. The van der Waals surface area contributed by atoms with Gasteiger partial charge < -0.3 is 14.7 Å². The Hall–Kier alpha value is -3.78. The van der Waals surface area contributed by atoms with Crippen molar-refractivity contribution in [2.45, 2.75) is 45.8 Å². The molecule has 0 amide bonds. The summed E-state index contributed by atoms with van der Waals surface area (Å²) in [5, 5.41) is 11.8. The first-order valence-corrected chi connectivity index (χ1v) is 15.1. The van der Waals surface area contributed by atoms with Gasteiger partial charge in [0.2, 0.25) is 0 Å². The number of halogens is 1. The number of rotatable bonds is 6. The second-order valence-electron chi connectivity index (χ2n) is 11.7. The van der Waals surface area contributed by atoms with Crippen LogP contribution in [-0.4, -0.2) is 40.2 Å². The van der Waals surface area contributed by atoms with Gasteiger partial charge in [-0.1, -0.05) is 35.9 Å². The molecule has 0 unspecified atom stereocenters. The average molecular weight is 598 g/mol. The fraction of sp³-hybridized carbons (Fsp3) is 0.265. The maximum atomic E-state index is 12.6. The van der Waals surface area contributed by atoms with E-state index in [0.717, 1.165) is 61.7 Å². The lowest BCUT2D eigenvalue weighted by atomic mass is 9.91. The van der Waals surface area contributed by atoms with Crippen molar-refractivity contribution in [3.63, 3.8) is 0 Å². The van der Waals surface area contributed by atoms with Crippen LogP contribution in [0.1, 0.15) is 43.6 Å². The Bertz CT molecular complexity index is 1830. The number of anilines is 1. The van der Waals surface area contributed by atoms with Crippen molar-refractivity contribution >= 4 is 44.8 Å². The van der Waals surface area contributed by atoms with Crippen LogP contribution in [-0.2, 0) is 16.0 Å². The summed E-state index contributed by atoms with van der Waals surface area (Å²) in [5.41, 5.74) is 8.75. The van der Waals surface area contributed by atoms with Crippen LogP contribution in [0.25, 0.3) is 43.2 Å². The van der Waals surface area contributed by atoms with Gasteiger partial charge in [-0.2, -0.15) is 0 Å². The van der Waals surface area contributed by atoms with E-state index in [9.17, 15) is 9.90 Å². The number of fused-ring (bicyclic) bond motifs is 2. The molecule has 2 aromatic heterocycles. The van der Waals surface area contributed by atoms with Crippen molar-refractivity contribution in [1.29, 1.82) is 0 Å². The van der Waals surface area contributed by atoms with E-state index < -0.39 is 17.7 Å². The standard InChI is InChI=1S/C34H32ClN3O3S/c1-19-16-26-31(29(21-8-10-24(35)11-9-21)28(19)30(33(39)40)41-34(2,3)4)42-32(37-26)23-12-14-36-25(17-23)22-7-6-20-13-15-38(5)27(20)18-22/h6-12,14,16-18,30H,13,15H2,1-5H3,(H,39,40)/t30-/m0/s1. The second-order valence-corrected chi connectivity index (χ2v) is 13.2. The normalized spacial score (nSPS) is 13.9. The summed E-state index contributed by atoms with van der Waals surface area (Å²) >= 11 is 7.78. The van der Waals surface area contributed by atoms with Crippen LogP contribution in [0.3, 0.4) is 0 Å². The second kappa shape index (κ2) is 10.8. The molecule has 1 atom stereocenters. The summed E-state index contributed by atoms with van der Waals surface area (Å²) in [6, 6.07) is 20.0. The number of aliphatic carboxylic acids is 1. The van der Waals surface area contributed by atoms with E-state index in [0.29, 0.717) is 10.6 Å². The molecule has 0 saturated heterocycles. The van der Waals surface area contributed by atoms with E-state index in [-0.39, 0.29) is 0 Å². The van der Waals surface area contributed by atoms with Crippen LogP contribution in [0.15, 0.2) is 66.9 Å². The molecule has 1 aliphatic rings. The van der Waals surface area contributed by atoms with E-state index in [4.69, 9.17) is 21.3 Å². The van der Waals surface area contributed by atoms with Crippen molar-refractivity contribution in [3.05, 3.63) is 88.6 Å². The van der Waals surface area contributed by atoms with Gasteiger partial charge >= 0.3 is 5.97 Å². The molecule has 0 fully saturated rings. The molecule has 8 heteroatoms. The van der Waals surface area contributed by atoms with E-state index in [2.05, 4.69) is 41.2 Å². The molecular weight excluding hydrogens is 566 g/mol. The quantitative estimate of drug-likeness (QED) is 0.211. The van der Waals surface area contributed by atoms with Crippen molar-refractivity contribution in [1.82, 2.24) is 9.97 Å². The molecule has 1 N–H and O–H groups in total. The fourth-order valence-corrected chi connectivity index (χ4v) is 6.83. The highest BCUT2D eigenvalue weighted by atomic mass is 35.5. The van der Waals surface area contributed by atoms with Crippen LogP contribution in [0, 0.1) is 6.92 Å². The molecule has 6 rings (SSSR count). The fourth-order valence-electron chi connectivity index (χ4n) is 5.58. The topological polar surface area (TPSA) is 75.5 Å². The minimum Gasteiger partial charge on any atom is -0.479 e. The number of nitrogens with zero attached hydrogens (tertiary/aromatic N) is 3. The third-order valence-corrected chi connectivity index (χ3v) is 8.92. The number of likely N-dealkylation sites (N-methyl/N-ethyl adjacent to an activating group) is 1. The first-order chi connectivity index (χ1) is 20.0.